The fourth-order valence-electron chi connectivity index (χ4n) is 2.93. The Morgan fingerprint density at radius 2 is 2.26 bits per heavy atom. The van der Waals surface area contributed by atoms with Crippen LogP contribution in [0.3, 0.4) is 0 Å². The van der Waals surface area contributed by atoms with Gasteiger partial charge in [-0.15, -0.1) is 0 Å². The SMILES string of the molecule is CCCC1(C(=O)OC)CC(=O)OC1(C)c1ccco1. The van der Waals surface area contributed by atoms with E-state index in [9.17, 15) is 9.59 Å². The summed E-state index contributed by atoms with van der Waals surface area (Å²) in [6.07, 6.45) is 2.76. The van der Waals surface area contributed by atoms with Crippen molar-refractivity contribution in [2.75, 3.05) is 7.11 Å². The van der Waals surface area contributed by atoms with Gasteiger partial charge in [0.2, 0.25) is 0 Å². The van der Waals surface area contributed by atoms with Gasteiger partial charge < -0.3 is 13.9 Å². The number of furan rings is 1. The minimum Gasteiger partial charge on any atom is -0.468 e. The lowest BCUT2D eigenvalue weighted by Crippen LogP contribution is -2.46. The Balaban J connectivity index is 2.55. The van der Waals surface area contributed by atoms with E-state index in [2.05, 4.69) is 0 Å². The predicted molar refractivity (Wildman–Crippen MR) is 66.1 cm³/mol. The first kappa shape index (κ1) is 13.6. The summed E-state index contributed by atoms with van der Waals surface area (Å²) in [6.45, 7) is 3.67. The standard InChI is InChI=1S/C14H18O5/c1-4-7-14(12(16)17-3)9-11(15)19-13(14,2)10-6-5-8-18-10/h5-6,8H,4,7,9H2,1-3H3. The Morgan fingerprint density at radius 1 is 1.53 bits per heavy atom. The molecule has 2 rings (SSSR count). The van der Waals surface area contributed by atoms with Crippen molar-refractivity contribution in [3.05, 3.63) is 24.2 Å². The van der Waals surface area contributed by atoms with Gasteiger partial charge in [0, 0.05) is 0 Å². The van der Waals surface area contributed by atoms with Gasteiger partial charge in [-0.3, -0.25) is 9.59 Å². The van der Waals surface area contributed by atoms with Crippen molar-refractivity contribution in [2.24, 2.45) is 5.41 Å². The normalized spacial score (nSPS) is 30.2. The van der Waals surface area contributed by atoms with Crippen molar-refractivity contribution in [1.82, 2.24) is 0 Å². The maximum absolute atomic E-state index is 12.3. The van der Waals surface area contributed by atoms with E-state index in [1.165, 1.54) is 13.4 Å². The van der Waals surface area contributed by atoms with Gasteiger partial charge in [0.25, 0.3) is 0 Å². The van der Waals surface area contributed by atoms with Crippen molar-refractivity contribution < 1.29 is 23.5 Å². The molecule has 0 radical (unpaired) electrons. The smallest absolute Gasteiger partial charge is 0.316 e. The maximum atomic E-state index is 12.3. The topological polar surface area (TPSA) is 65.7 Å². The van der Waals surface area contributed by atoms with Crippen LogP contribution in [0.5, 0.6) is 0 Å². The van der Waals surface area contributed by atoms with E-state index < -0.39 is 23.0 Å². The highest BCUT2D eigenvalue weighted by atomic mass is 16.6. The molecule has 0 aliphatic carbocycles. The minimum absolute atomic E-state index is 0.0186. The highest BCUT2D eigenvalue weighted by Crippen LogP contribution is 2.54. The molecule has 1 aromatic rings. The molecule has 2 heterocycles. The summed E-state index contributed by atoms with van der Waals surface area (Å²) in [5, 5.41) is 0. The fraction of sp³-hybridized carbons (Fsp3) is 0.571. The van der Waals surface area contributed by atoms with Crippen LogP contribution in [0.1, 0.15) is 38.9 Å². The number of esters is 2. The summed E-state index contributed by atoms with van der Waals surface area (Å²) in [5.41, 5.74) is -2.14. The molecule has 1 aliphatic rings. The highest BCUT2D eigenvalue weighted by Gasteiger charge is 2.65. The van der Waals surface area contributed by atoms with Crippen LogP contribution in [0.15, 0.2) is 22.8 Å². The van der Waals surface area contributed by atoms with Gasteiger partial charge in [-0.25, -0.2) is 0 Å². The monoisotopic (exact) mass is 266 g/mol. The first-order chi connectivity index (χ1) is 9.00. The largest absolute Gasteiger partial charge is 0.468 e. The molecule has 2 atom stereocenters. The summed E-state index contributed by atoms with van der Waals surface area (Å²) in [5.74, 6) is -0.367. The molecule has 1 aromatic heterocycles. The molecule has 0 spiro atoms. The Morgan fingerprint density at radius 3 is 2.79 bits per heavy atom. The van der Waals surface area contributed by atoms with Crippen molar-refractivity contribution in [1.29, 1.82) is 0 Å². The first-order valence-electron chi connectivity index (χ1n) is 6.34. The molecule has 0 saturated carbocycles. The zero-order valence-corrected chi connectivity index (χ0v) is 11.4. The van der Waals surface area contributed by atoms with Crippen molar-refractivity contribution in [2.45, 2.75) is 38.7 Å². The van der Waals surface area contributed by atoms with Crippen molar-refractivity contribution in [3.8, 4) is 0 Å². The van der Waals surface area contributed by atoms with Gasteiger partial charge >= 0.3 is 11.9 Å². The molecule has 1 saturated heterocycles. The molecule has 1 aliphatic heterocycles. The first-order valence-corrected chi connectivity index (χ1v) is 6.34. The Hall–Kier alpha value is -1.78. The number of cyclic esters (lactones) is 1. The van der Waals surface area contributed by atoms with E-state index in [0.717, 1.165) is 6.42 Å². The van der Waals surface area contributed by atoms with Gasteiger partial charge in [-0.1, -0.05) is 13.3 Å². The van der Waals surface area contributed by atoms with Crippen molar-refractivity contribution in [3.63, 3.8) is 0 Å². The average Bonchev–Trinajstić information content (AvgIpc) is 2.97. The Labute approximate surface area is 111 Å². The van der Waals surface area contributed by atoms with Crippen LogP contribution >= 0.6 is 0 Å². The Bertz CT molecular complexity index is 478. The maximum Gasteiger partial charge on any atom is 0.316 e. The number of methoxy groups -OCH3 is 1. The highest BCUT2D eigenvalue weighted by molar-refractivity contribution is 5.88. The summed E-state index contributed by atoms with van der Waals surface area (Å²) < 4.78 is 15.8. The van der Waals surface area contributed by atoms with Crippen LogP contribution in [-0.2, 0) is 24.7 Å². The second kappa shape index (κ2) is 4.72. The number of carbonyl (C=O) groups excluding carboxylic acids is 2. The molecule has 0 aromatic carbocycles. The van der Waals surface area contributed by atoms with Gasteiger partial charge in [0.1, 0.15) is 11.2 Å². The summed E-state index contributed by atoms with van der Waals surface area (Å²) >= 11 is 0. The number of carbonyl (C=O) groups is 2. The molecule has 1 fully saturated rings. The molecular weight excluding hydrogens is 248 g/mol. The second-order valence-corrected chi connectivity index (χ2v) is 4.99. The number of ether oxygens (including phenoxy) is 2. The molecule has 0 bridgehead atoms. The second-order valence-electron chi connectivity index (χ2n) is 4.99. The summed E-state index contributed by atoms with van der Waals surface area (Å²) in [6, 6.07) is 3.42. The lowest BCUT2D eigenvalue weighted by molar-refractivity contribution is -0.171. The number of hydrogen-bond acceptors (Lipinski definition) is 5. The third-order valence-electron chi connectivity index (χ3n) is 3.92. The van der Waals surface area contributed by atoms with Crippen LogP contribution in [0.2, 0.25) is 0 Å². The van der Waals surface area contributed by atoms with E-state index in [0.29, 0.717) is 12.2 Å². The zero-order valence-electron chi connectivity index (χ0n) is 11.4. The minimum atomic E-state index is -1.11. The van der Waals surface area contributed by atoms with E-state index >= 15 is 0 Å². The number of rotatable bonds is 4. The van der Waals surface area contributed by atoms with Gasteiger partial charge in [0.15, 0.2) is 5.60 Å². The molecule has 19 heavy (non-hydrogen) atoms. The fourth-order valence-corrected chi connectivity index (χ4v) is 2.93. The molecule has 5 heteroatoms. The third kappa shape index (κ3) is 1.84. The molecule has 0 amide bonds. The quantitative estimate of drug-likeness (QED) is 0.783. The molecule has 0 N–H and O–H groups in total. The summed E-state index contributed by atoms with van der Waals surface area (Å²) in [7, 11) is 1.32. The van der Waals surface area contributed by atoms with Crippen LogP contribution in [-0.4, -0.2) is 19.0 Å². The zero-order chi connectivity index (χ0) is 14.1. The van der Waals surface area contributed by atoms with Crippen LogP contribution < -0.4 is 0 Å². The number of hydrogen-bond donors (Lipinski definition) is 0. The lowest BCUT2D eigenvalue weighted by atomic mass is 9.68. The third-order valence-corrected chi connectivity index (χ3v) is 3.92. The van der Waals surface area contributed by atoms with E-state index in [4.69, 9.17) is 13.9 Å². The van der Waals surface area contributed by atoms with Crippen LogP contribution in [0.25, 0.3) is 0 Å². The lowest BCUT2D eigenvalue weighted by Gasteiger charge is -2.36. The molecule has 2 unspecified atom stereocenters. The summed E-state index contributed by atoms with van der Waals surface area (Å²) in [4.78, 5) is 24.1. The van der Waals surface area contributed by atoms with E-state index in [-0.39, 0.29) is 6.42 Å². The molecule has 5 nitrogen and oxygen atoms in total. The molecular formula is C14H18O5. The van der Waals surface area contributed by atoms with Crippen LogP contribution in [0.4, 0.5) is 0 Å². The van der Waals surface area contributed by atoms with E-state index in [1.807, 2.05) is 6.92 Å². The van der Waals surface area contributed by atoms with E-state index in [1.54, 1.807) is 19.1 Å². The Kier molecular flexibility index (Phi) is 3.39. The van der Waals surface area contributed by atoms with Crippen LogP contribution in [0, 0.1) is 5.41 Å². The molecule has 104 valence electrons. The predicted octanol–water partition coefficient (Wildman–Crippen LogP) is 2.40. The van der Waals surface area contributed by atoms with Gasteiger partial charge in [-0.2, -0.15) is 0 Å². The van der Waals surface area contributed by atoms with Gasteiger partial charge in [-0.05, 0) is 25.5 Å². The van der Waals surface area contributed by atoms with Crippen molar-refractivity contribution >= 4 is 11.9 Å². The van der Waals surface area contributed by atoms with Gasteiger partial charge in [0.05, 0.1) is 19.8 Å². The average molecular weight is 266 g/mol.